The van der Waals surface area contributed by atoms with Crippen LogP contribution in [0.4, 0.5) is 5.82 Å². The van der Waals surface area contributed by atoms with Gasteiger partial charge >= 0.3 is 0 Å². The second-order valence-corrected chi connectivity index (χ2v) is 5.36. The van der Waals surface area contributed by atoms with Crippen LogP contribution in [0.3, 0.4) is 0 Å². The molecule has 2 heterocycles. The molecule has 0 atom stereocenters. The summed E-state index contributed by atoms with van der Waals surface area (Å²) in [5.74, 6) is 0.993. The molecule has 0 fully saturated rings. The van der Waals surface area contributed by atoms with Crippen molar-refractivity contribution in [3.63, 3.8) is 0 Å². The Morgan fingerprint density at radius 3 is 2.75 bits per heavy atom. The fourth-order valence-corrected chi connectivity index (χ4v) is 2.60. The Morgan fingerprint density at radius 2 is 2.05 bits per heavy atom. The highest BCUT2D eigenvalue weighted by molar-refractivity contribution is 9.10. The number of nitrogens with two attached hydrogens (primary N) is 1. The van der Waals surface area contributed by atoms with Gasteiger partial charge in [0.2, 0.25) is 0 Å². The van der Waals surface area contributed by atoms with E-state index in [2.05, 4.69) is 26.1 Å². The number of halogens is 1. The Kier molecular flexibility index (Phi) is 3.28. The van der Waals surface area contributed by atoms with Gasteiger partial charge in [-0.1, -0.05) is 27.2 Å². The normalized spacial score (nSPS) is 10.7. The molecule has 0 saturated heterocycles. The largest absolute Gasteiger partial charge is 0.380 e. The van der Waals surface area contributed by atoms with Gasteiger partial charge in [0.25, 0.3) is 0 Å². The first-order valence-corrected chi connectivity index (χ1v) is 6.89. The first-order chi connectivity index (χ1) is 9.66. The van der Waals surface area contributed by atoms with Crippen molar-refractivity contribution in [2.45, 2.75) is 6.92 Å². The van der Waals surface area contributed by atoms with Gasteiger partial charge in [0.15, 0.2) is 11.6 Å². The van der Waals surface area contributed by atoms with E-state index in [0.717, 1.165) is 26.9 Å². The number of nitrogens with zero attached hydrogens (tertiary/aromatic N) is 2. The van der Waals surface area contributed by atoms with E-state index in [0.29, 0.717) is 11.6 Å². The van der Waals surface area contributed by atoms with Crippen molar-refractivity contribution in [1.82, 2.24) is 10.1 Å². The van der Waals surface area contributed by atoms with Crippen LogP contribution in [-0.2, 0) is 0 Å². The van der Waals surface area contributed by atoms with E-state index >= 15 is 0 Å². The maximum absolute atomic E-state index is 5.94. The summed E-state index contributed by atoms with van der Waals surface area (Å²) in [6.45, 7) is 2.01. The molecular formula is C15H12BrN3O. The van der Waals surface area contributed by atoms with Crippen LogP contribution >= 0.6 is 15.9 Å². The number of nitrogen functional groups attached to an aromatic ring is 1. The average molecular weight is 330 g/mol. The highest BCUT2D eigenvalue weighted by Crippen LogP contribution is 2.37. The van der Waals surface area contributed by atoms with Crippen molar-refractivity contribution in [1.29, 1.82) is 0 Å². The average Bonchev–Trinajstić information content (AvgIpc) is 2.81. The van der Waals surface area contributed by atoms with Crippen LogP contribution in [-0.4, -0.2) is 10.1 Å². The Balaban J connectivity index is 2.21. The molecule has 3 rings (SSSR count). The van der Waals surface area contributed by atoms with E-state index < -0.39 is 0 Å². The third-order valence-corrected chi connectivity index (χ3v) is 3.57. The maximum Gasteiger partial charge on any atom is 0.178 e. The Labute approximate surface area is 124 Å². The van der Waals surface area contributed by atoms with Gasteiger partial charge in [-0.3, -0.25) is 4.98 Å². The lowest BCUT2D eigenvalue weighted by Crippen LogP contribution is -1.91. The predicted molar refractivity (Wildman–Crippen MR) is 82.0 cm³/mol. The smallest absolute Gasteiger partial charge is 0.178 e. The summed E-state index contributed by atoms with van der Waals surface area (Å²) in [6, 6.07) is 11.6. The topological polar surface area (TPSA) is 64.9 Å². The van der Waals surface area contributed by atoms with E-state index in [4.69, 9.17) is 10.3 Å². The number of pyridine rings is 1. The highest BCUT2D eigenvalue weighted by atomic mass is 79.9. The maximum atomic E-state index is 5.94. The molecule has 4 nitrogen and oxygen atoms in total. The van der Waals surface area contributed by atoms with Gasteiger partial charge < -0.3 is 10.3 Å². The van der Waals surface area contributed by atoms with Gasteiger partial charge in [0.05, 0.1) is 11.3 Å². The van der Waals surface area contributed by atoms with E-state index in [1.54, 1.807) is 6.20 Å². The number of rotatable bonds is 2. The molecule has 3 aromatic rings. The molecule has 0 aliphatic rings. The van der Waals surface area contributed by atoms with E-state index in [-0.39, 0.29) is 0 Å². The quantitative estimate of drug-likeness (QED) is 0.770. The zero-order valence-corrected chi connectivity index (χ0v) is 12.4. The first-order valence-electron chi connectivity index (χ1n) is 6.10. The minimum absolute atomic E-state index is 0.348. The van der Waals surface area contributed by atoms with Crippen LogP contribution in [0.2, 0.25) is 0 Å². The number of aryl methyl sites for hydroxylation is 1. The number of aromatic nitrogens is 2. The van der Waals surface area contributed by atoms with E-state index in [1.807, 2.05) is 43.3 Å². The summed E-state index contributed by atoms with van der Waals surface area (Å²) in [7, 11) is 0. The molecule has 0 unspecified atom stereocenters. The van der Waals surface area contributed by atoms with Crippen LogP contribution in [0.25, 0.3) is 22.6 Å². The number of anilines is 1. The second-order valence-electron chi connectivity index (χ2n) is 4.45. The monoisotopic (exact) mass is 329 g/mol. The lowest BCUT2D eigenvalue weighted by molar-refractivity contribution is 0.436. The van der Waals surface area contributed by atoms with Crippen LogP contribution in [0, 0.1) is 6.92 Å². The zero-order chi connectivity index (χ0) is 14.1. The molecule has 0 spiro atoms. The van der Waals surface area contributed by atoms with Gasteiger partial charge in [-0.2, -0.15) is 0 Å². The third-order valence-electron chi connectivity index (χ3n) is 3.07. The Hall–Kier alpha value is -2.14. The van der Waals surface area contributed by atoms with Gasteiger partial charge in [-0.05, 0) is 42.8 Å². The summed E-state index contributed by atoms with van der Waals surface area (Å²) < 4.78 is 6.45. The summed E-state index contributed by atoms with van der Waals surface area (Å²) in [5, 5.41) is 3.88. The van der Waals surface area contributed by atoms with E-state index in [1.165, 1.54) is 0 Å². The highest BCUT2D eigenvalue weighted by Gasteiger charge is 2.19. The van der Waals surface area contributed by atoms with Crippen LogP contribution in [0.15, 0.2) is 51.6 Å². The Bertz CT molecular complexity index is 753. The molecular weight excluding hydrogens is 318 g/mol. The molecule has 0 radical (unpaired) electrons. The molecule has 0 aliphatic heterocycles. The SMILES string of the molecule is Cc1cc(Br)ccc1-c1onc(N)c1-c1ccccn1. The molecule has 2 N–H and O–H groups in total. The molecule has 100 valence electrons. The second kappa shape index (κ2) is 5.09. The number of hydrogen-bond donors (Lipinski definition) is 1. The van der Waals surface area contributed by atoms with Gasteiger partial charge in [0, 0.05) is 16.2 Å². The van der Waals surface area contributed by atoms with E-state index in [9.17, 15) is 0 Å². The fraction of sp³-hybridized carbons (Fsp3) is 0.0667. The van der Waals surface area contributed by atoms with Crippen molar-refractivity contribution >= 4 is 21.7 Å². The molecule has 20 heavy (non-hydrogen) atoms. The molecule has 0 saturated carbocycles. The molecule has 1 aromatic carbocycles. The first kappa shape index (κ1) is 12.9. The van der Waals surface area contributed by atoms with Gasteiger partial charge in [-0.25, -0.2) is 0 Å². The summed E-state index contributed by atoms with van der Waals surface area (Å²) in [4.78, 5) is 4.33. The number of hydrogen-bond acceptors (Lipinski definition) is 4. The van der Waals surface area contributed by atoms with Crippen molar-refractivity contribution in [2.24, 2.45) is 0 Å². The molecule has 0 bridgehead atoms. The molecule has 2 aromatic heterocycles. The minimum atomic E-state index is 0.348. The van der Waals surface area contributed by atoms with Crippen LogP contribution < -0.4 is 5.73 Å². The molecule has 0 aliphatic carbocycles. The predicted octanol–water partition coefficient (Wildman–Crippen LogP) is 4.06. The summed E-state index contributed by atoms with van der Waals surface area (Å²) in [6.07, 6.45) is 1.72. The summed E-state index contributed by atoms with van der Waals surface area (Å²) >= 11 is 3.45. The lowest BCUT2D eigenvalue weighted by atomic mass is 10.0. The fourth-order valence-electron chi connectivity index (χ4n) is 2.13. The van der Waals surface area contributed by atoms with Gasteiger partial charge in [-0.15, -0.1) is 0 Å². The Morgan fingerprint density at radius 1 is 1.20 bits per heavy atom. The summed E-state index contributed by atoms with van der Waals surface area (Å²) in [5.41, 5.74) is 9.46. The van der Waals surface area contributed by atoms with Crippen molar-refractivity contribution in [2.75, 3.05) is 5.73 Å². The lowest BCUT2D eigenvalue weighted by Gasteiger charge is -2.05. The molecule has 0 amide bonds. The number of benzene rings is 1. The molecule has 5 heteroatoms. The minimum Gasteiger partial charge on any atom is -0.380 e. The van der Waals surface area contributed by atoms with Crippen LogP contribution in [0.1, 0.15) is 5.56 Å². The van der Waals surface area contributed by atoms with Crippen molar-refractivity contribution in [3.05, 3.63) is 52.6 Å². The van der Waals surface area contributed by atoms with Crippen molar-refractivity contribution < 1.29 is 4.52 Å². The van der Waals surface area contributed by atoms with Crippen LogP contribution in [0.5, 0.6) is 0 Å². The standard InChI is InChI=1S/C15H12BrN3O/c1-9-8-10(16)5-6-11(9)14-13(15(17)19-20-14)12-4-2-3-7-18-12/h2-8H,1H3,(H2,17,19). The van der Waals surface area contributed by atoms with Crippen molar-refractivity contribution in [3.8, 4) is 22.6 Å². The zero-order valence-electron chi connectivity index (χ0n) is 10.8. The third kappa shape index (κ3) is 2.20. The van der Waals surface area contributed by atoms with Gasteiger partial charge in [0.1, 0.15) is 0 Å².